The van der Waals surface area contributed by atoms with Crippen molar-refractivity contribution in [2.24, 2.45) is 0 Å². The van der Waals surface area contributed by atoms with Gasteiger partial charge in [0.15, 0.2) is 0 Å². The molecule has 0 saturated carbocycles. The van der Waals surface area contributed by atoms with Crippen LogP contribution in [0, 0.1) is 13.1 Å². The predicted octanol–water partition coefficient (Wildman–Crippen LogP) is 3.28. The van der Waals surface area contributed by atoms with Gasteiger partial charge in [-0.15, -0.1) is 48.8 Å². The molecule has 0 fully saturated rings. The highest BCUT2D eigenvalue weighted by molar-refractivity contribution is 8.21. The van der Waals surface area contributed by atoms with E-state index in [4.69, 9.17) is 13.1 Å². The van der Waals surface area contributed by atoms with Gasteiger partial charge in [-0.25, -0.2) is 13.1 Å². The molecule has 0 heterocycles. The zero-order chi connectivity index (χ0) is 10.8. The summed E-state index contributed by atoms with van der Waals surface area (Å²) in [6.45, 7) is 14.2. The van der Waals surface area contributed by atoms with E-state index < -0.39 is 0 Å². The van der Waals surface area contributed by atoms with Crippen LogP contribution in [-0.2, 0) is 0 Å². The highest BCUT2D eigenvalue weighted by Crippen LogP contribution is 2.32. The fraction of sp³-hybridized carbons (Fsp3) is 0.500. The zero-order valence-electron chi connectivity index (χ0n) is 7.43. The topological polar surface area (TPSA) is 8.72 Å². The van der Waals surface area contributed by atoms with E-state index in [2.05, 4.69) is 34.9 Å². The first-order valence-corrected chi connectivity index (χ1v) is 6.63. The zero-order valence-corrected chi connectivity index (χ0v) is 10.9. The average Bonchev–Trinajstić information content (AvgIpc) is 2.18. The van der Waals surface area contributed by atoms with Crippen molar-refractivity contribution in [3.63, 3.8) is 0 Å². The van der Waals surface area contributed by atoms with Gasteiger partial charge in [0.05, 0.1) is 20.0 Å². The molecule has 0 aromatic carbocycles. The highest BCUT2D eigenvalue weighted by Gasteiger charge is 2.02. The van der Waals surface area contributed by atoms with E-state index in [9.17, 15) is 0 Å². The Morgan fingerprint density at radius 1 is 0.929 bits per heavy atom. The van der Waals surface area contributed by atoms with Crippen LogP contribution in [0.2, 0.25) is 0 Å². The molecule has 0 spiro atoms. The third-order valence-electron chi connectivity index (χ3n) is 1.07. The Morgan fingerprint density at radius 3 is 1.57 bits per heavy atom. The van der Waals surface area contributed by atoms with E-state index in [1.807, 2.05) is 0 Å². The molecule has 14 heavy (non-hydrogen) atoms. The first-order chi connectivity index (χ1) is 6.72. The molecular weight excluding hydrogens is 252 g/mol. The lowest BCUT2D eigenvalue weighted by atomic mass is 10.8. The predicted molar refractivity (Wildman–Crippen MR) is 72.9 cm³/mol. The fourth-order valence-corrected chi connectivity index (χ4v) is 2.79. The van der Waals surface area contributed by atoms with E-state index in [1.54, 1.807) is 0 Å². The smallest absolute Gasteiger partial charge is 0.224 e. The van der Waals surface area contributed by atoms with Gasteiger partial charge in [-0.1, -0.05) is 0 Å². The third-order valence-corrected chi connectivity index (χ3v) is 4.63. The lowest BCUT2D eigenvalue weighted by Crippen LogP contribution is -1.84. The minimum absolute atomic E-state index is 0.502. The standard InChI is InChI=1S/C8H10N2S4/c1-9-3-5-13-7(11)8(12)14-6-4-10-2/h11-12H,3-6H2/b8-7-. The van der Waals surface area contributed by atoms with Crippen LogP contribution in [0.25, 0.3) is 9.69 Å². The van der Waals surface area contributed by atoms with Crippen LogP contribution < -0.4 is 0 Å². The Labute approximate surface area is 104 Å². The largest absolute Gasteiger partial charge is 0.316 e. The molecule has 0 radical (unpaired) electrons. The molecule has 0 aliphatic heterocycles. The molecule has 0 bridgehead atoms. The maximum Gasteiger partial charge on any atom is 0.224 e. The summed E-state index contributed by atoms with van der Waals surface area (Å²) in [6.07, 6.45) is 0. The van der Waals surface area contributed by atoms with Gasteiger partial charge in [0, 0.05) is 0 Å². The van der Waals surface area contributed by atoms with E-state index in [0.29, 0.717) is 13.1 Å². The van der Waals surface area contributed by atoms with Crippen molar-refractivity contribution >= 4 is 48.8 Å². The first-order valence-electron chi connectivity index (χ1n) is 3.76. The van der Waals surface area contributed by atoms with Crippen molar-refractivity contribution in [1.29, 1.82) is 0 Å². The first kappa shape index (κ1) is 14.1. The molecule has 0 aromatic rings. The van der Waals surface area contributed by atoms with Crippen LogP contribution in [0.1, 0.15) is 0 Å². The van der Waals surface area contributed by atoms with Gasteiger partial charge < -0.3 is 9.69 Å². The molecule has 76 valence electrons. The molecule has 0 N–H and O–H groups in total. The quantitative estimate of drug-likeness (QED) is 0.432. The van der Waals surface area contributed by atoms with Crippen molar-refractivity contribution < 1.29 is 0 Å². The summed E-state index contributed by atoms with van der Waals surface area (Å²) >= 11 is 11.6. The van der Waals surface area contributed by atoms with Crippen LogP contribution in [0.3, 0.4) is 0 Å². The minimum Gasteiger partial charge on any atom is -0.316 e. The molecule has 0 aliphatic carbocycles. The number of thioether (sulfide) groups is 2. The maximum atomic E-state index is 6.60. The van der Waals surface area contributed by atoms with E-state index in [0.717, 1.165) is 20.0 Å². The van der Waals surface area contributed by atoms with Crippen LogP contribution in [-0.4, -0.2) is 24.6 Å². The van der Waals surface area contributed by atoms with Crippen LogP contribution in [0.5, 0.6) is 0 Å². The van der Waals surface area contributed by atoms with Crippen LogP contribution in [0.4, 0.5) is 0 Å². The molecule has 0 atom stereocenters. The van der Waals surface area contributed by atoms with Crippen LogP contribution >= 0.6 is 48.8 Å². The Balaban J connectivity index is 3.79. The van der Waals surface area contributed by atoms with Crippen molar-refractivity contribution in [1.82, 2.24) is 0 Å². The molecule has 0 rings (SSSR count). The van der Waals surface area contributed by atoms with Crippen molar-refractivity contribution in [2.45, 2.75) is 0 Å². The van der Waals surface area contributed by atoms with Crippen molar-refractivity contribution in [2.75, 3.05) is 24.6 Å². The van der Waals surface area contributed by atoms with Gasteiger partial charge in [0.25, 0.3) is 0 Å². The second kappa shape index (κ2) is 9.67. The average molecular weight is 262 g/mol. The Bertz CT molecular complexity index is 246. The lowest BCUT2D eigenvalue weighted by Gasteiger charge is -2.01. The second-order valence-corrected chi connectivity index (χ2v) is 5.78. The van der Waals surface area contributed by atoms with E-state index in [-0.39, 0.29) is 0 Å². The summed E-state index contributed by atoms with van der Waals surface area (Å²) in [5.41, 5.74) is 0. The van der Waals surface area contributed by atoms with Crippen LogP contribution in [0.15, 0.2) is 8.47 Å². The van der Waals surface area contributed by atoms with Gasteiger partial charge in [0.2, 0.25) is 13.1 Å². The fourth-order valence-electron chi connectivity index (χ4n) is 0.499. The number of rotatable bonds is 6. The Morgan fingerprint density at radius 2 is 1.29 bits per heavy atom. The molecule has 0 aliphatic rings. The SMILES string of the molecule is [C-]#[N+]CCS/C(S)=C(/S)SCC[N+]#[C-]. The Kier molecular flexibility index (Phi) is 9.75. The van der Waals surface area contributed by atoms with Gasteiger partial charge in [0.1, 0.15) is 0 Å². The molecule has 0 aromatic heterocycles. The van der Waals surface area contributed by atoms with Crippen molar-refractivity contribution in [3.05, 3.63) is 31.3 Å². The summed E-state index contributed by atoms with van der Waals surface area (Å²) < 4.78 is 1.68. The summed E-state index contributed by atoms with van der Waals surface area (Å²) in [5.74, 6) is 1.49. The summed E-state index contributed by atoms with van der Waals surface area (Å²) in [5, 5.41) is 0. The van der Waals surface area contributed by atoms with E-state index >= 15 is 0 Å². The van der Waals surface area contributed by atoms with Gasteiger partial charge in [-0.3, -0.25) is 0 Å². The second-order valence-electron chi connectivity index (χ2n) is 2.07. The van der Waals surface area contributed by atoms with Gasteiger partial charge in [-0.05, 0) is 0 Å². The number of thiol groups is 2. The van der Waals surface area contributed by atoms with Crippen molar-refractivity contribution in [3.8, 4) is 0 Å². The molecule has 6 heteroatoms. The maximum absolute atomic E-state index is 6.60. The Hall–Kier alpha value is 0.120. The normalized spacial score (nSPS) is 11.4. The van der Waals surface area contributed by atoms with Gasteiger partial charge in [-0.2, -0.15) is 0 Å². The molecule has 0 amide bonds. The highest BCUT2D eigenvalue weighted by atomic mass is 32.2. The summed E-state index contributed by atoms with van der Waals surface area (Å²) in [4.78, 5) is 6.49. The lowest BCUT2D eigenvalue weighted by molar-refractivity contribution is 1.37. The minimum atomic E-state index is 0.502. The molecule has 0 saturated heterocycles. The molecular formula is C8H10N2S4. The summed E-state index contributed by atoms with van der Waals surface area (Å²) in [7, 11) is 0. The number of hydrogen-bond donors (Lipinski definition) is 2. The van der Waals surface area contributed by atoms with E-state index in [1.165, 1.54) is 23.5 Å². The molecule has 2 nitrogen and oxygen atoms in total. The number of hydrogen-bond acceptors (Lipinski definition) is 4. The van der Waals surface area contributed by atoms with Gasteiger partial charge >= 0.3 is 0 Å². The summed E-state index contributed by atoms with van der Waals surface area (Å²) in [6, 6.07) is 0. The molecule has 0 unspecified atom stereocenters. The number of nitrogens with zero attached hydrogens (tertiary/aromatic N) is 2. The monoisotopic (exact) mass is 262 g/mol. The third kappa shape index (κ3) is 7.52.